The molecular weight excluding hydrogens is 382 g/mol. The van der Waals surface area contributed by atoms with Gasteiger partial charge in [0.2, 0.25) is 0 Å². The first-order chi connectivity index (χ1) is 14.7. The zero-order valence-corrected chi connectivity index (χ0v) is 17.2. The van der Waals surface area contributed by atoms with E-state index in [-0.39, 0.29) is 42.5 Å². The Morgan fingerprint density at radius 2 is 1.73 bits per heavy atom. The Morgan fingerprint density at radius 1 is 1.07 bits per heavy atom. The fourth-order valence-electron chi connectivity index (χ4n) is 4.57. The monoisotopic (exact) mass is 409 g/mol. The minimum Gasteiger partial charge on any atom is -0.464 e. The van der Waals surface area contributed by atoms with Gasteiger partial charge in [-0.1, -0.05) is 30.3 Å². The number of aromatic nitrogens is 2. The van der Waals surface area contributed by atoms with Gasteiger partial charge in [-0.3, -0.25) is 4.79 Å². The summed E-state index contributed by atoms with van der Waals surface area (Å²) in [6, 6.07) is 10.0. The van der Waals surface area contributed by atoms with Gasteiger partial charge in [-0.25, -0.2) is 14.8 Å². The van der Waals surface area contributed by atoms with E-state index in [1.165, 1.54) is 12.4 Å². The van der Waals surface area contributed by atoms with Crippen molar-refractivity contribution in [2.24, 2.45) is 5.92 Å². The molecule has 7 nitrogen and oxygen atoms in total. The summed E-state index contributed by atoms with van der Waals surface area (Å²) in [5.74, 6) is -0.0766. The maximum atomic E-state index is 13.0. The molecule has 2 aromatic rings. The first-order valence-electron chi connectivity index (χ1n) is 10.6. The summed E-state index contributed by atoms with van der Waals surface area (Å²) < 4.78 is 10.8. The molecule has 0 saturated carbocycles. The van der Waals surface area contributed by atoms with Crippen LogP contribution in [-0.4, -0.2) is 45.4 Å². The maximum Gasteiger partial charge on any atom is 0.410 e. The molecule has 3 heterocycles. The summed E-state index contributed by atoms with van der Waals surface area (Å²) in [7, 11) is 0. The van der Waals surface area contributed by atoms with E-state index in [2.05, 4.69) is 9.97 Å². The number of ketones is 1. The molecule has 0 N–H and O–H groups in total. The fraction of sp³-hybridized carbons (Fsp3) is 0.478. The van der Waals surface area contributed by atoms with E-state index in [1.54, 1.807) is 0 Å². The van der Waals surface area contributed by atoms with Gasteiger partial charge in [0.05, 0.1) is 12.2 Å². The smallest absolute Gasteiger partial charge is 0.410 e. The molecule has 2 aliphatic heterocycles. The van der Waals surface area contributed by atoms with Crippen LogP contribution in [0.5, 0.6) is 6.01 Å². The summed E-state index contributed by atoms with van der Waals surface area (Å²) in [4.78, 5) is 36.0. The number of piperidine rings is 2. The van der Waals surface area contributed by atoms with Crippen molar-refractivity contribution < 1.29 is 19.1 Å². The molecule has 2 unspecified atom stereocenters. The van der Waals surface area contributed by atoms with Crippen LogP contribution in [0, 0.1) is 5.92 Å². The largest absolute Gasteiger partial charge is 0.464 e. The minimum atomic E-state index is -0.274. The van der Waals surface area contributed by atoms with Crippen LogP contribution in [0.25, 0.3) is 0 Å². The van der Waals surface area contributed by atoms with E-state index in [4.69, 9.17) is 9.47 Å². The van der Waals surface area contributed by atoms with E-state index < -0.39 is 0 Å². The van der Waals surface area contributed by atoms with Gasteiger partial charge < -0.3 is 14.4 Å². The molecule has 0 aliphatic carbocycles. The van der Waals surface area contributed by atoms with Crippen molar-refractivity contribution in [3.8, 4) is 6.01 Å². The molecule has 0 radical (unpaired) electrons. The first-order valence-corrected chi connectivity index (χ1v) is 10.6. The quantitative estimate of drug-likeness (QED) is 0.670. The molecule has 2 atom stereocenters. The van der Waals surface area contributed by atoms with Gasteiger partial charge in [-0.15, -0.1) is 0 Å². The molecule has 2 fully saturated rings. The van der Waals surface area contributed by atoms with Gasteiger partial charge in [-0.2, -0.15) is 0 Å². The molecule has 30 heavy (non-hydrogen) atoms. The lowest BCUT2D eigenvalue weighted by atomic mass is 9.76. The SMILES string of the molecule is CCOc1ncc(C(=O)C2CC3CCCC(C2)N3C(=O)OCc2ccccc2)cn1. The Bertz CT molecular complexity index is 858. The van der Waals surface area contributed by atoms with Crippen molar-refractivity contribution in [2.75, 3.05) is 6.61 Å². The Labute approximate surface area is 176 Å². The lowest BCUT2D eigenvalue weighted by molar-refractivity contribution is 0.00470. The predicted molar refractivity (Wildman–Crippen MR) is 110 cm³/mol. The first kappa shape index (κ1) is 20.3. The zero-order valence-electron chi connectivity index (χ0n) is 17.2. The topological polar surface area (TPSA) is 81.6 Å². The number of ether oxygens (including phenoxy) is 2. The van der Waals surface area contributed by atoms with Gasteiger partial charge in [0.25, 0.3) is 0 Å². The molecule has 2 bridgehead atoms. The summed E-state index contributed by atoms with van der Waals surface area (Å²) in [5.41, 5.74) is 1.47. The molecule has 1 aromatic carbocycles. The number of carbonyl (C=O) groups is 2. The average molecular weight is 409 g/mol. The molecule has 158 valence electrons. The molecule has 4 rings (SSSR count). The highest BCUT2D eigenvalue weighted by molar-refractivity contribution is 5.97. The van der Waals surface area contributed by atoms with Gasteiger partial charge in [0.15, 0.2) is 5.78 Å². The van der Waals surface area contributed by atoms with E-state index in [0.717, 1.165) is 24.8 Å². The van der Waals surface area contributed by atoms with Crippen LogP contribution in [0.15, 0.2) is 42.7 Å². The number of carbonyl (C=O) groups excluding carboxylic acids is 2. The van der Waals surface area contributed by atoms with Gasteiger partial charge >= 0.3 is 12.1 Å². The number of amides is 1. The van der Waals surface area contributed by atoms with E-state index >= 15 is 0 Å². The number of benzene rings is 1. The third kappa shape index (κ3) is 4.45. The van der Waals surface area contributed by atoms with Gasteiger partial charge in [0, 0.05) is 30.4 Å². The third-order valence-electron chi connectivity index (χ3n) is 5.95. The highest BCUT2D eigenvalue weighted by Gasteiger charge is 2.43. The van der Waals surface area contributed by atoms with Gasteiger partial charge in [0.1, 0.15) is 6.61 Å². The second-order valence-electron chi connectivity index (χ2n) is 7.91. The average Bonchev–Trinajstić information content (AvgIpc) is 2.77. The summed E-state index contributed by atoms with van der Waals surface area (Å²) >= 11 is 0. The molecule has 0 spiro atoms. The maximum absolute atomic E-state index is 13.0. The third-order valence-corrected chi connectivity index (χ3v) is 5.95. The highest BCUT2D eigenvalue weighted by Crippen LogP contribution is 2.38. The van der Waals surface area contributed by atoms with E-state index in [0.29, 0.717) is 25.0 Å². The number of fused-ring (bicyclic) bond motifs is 2. The van der Waals surface area contributed by atoms with Crippen molar-refractivity contribution in [3.05, 3.63) is 53.9 Å². The van der Waals surface area contributed by atoms with Crippen molar-refractivity contribution in [3.63, 3.8) is 0 Å². The van der Waals surface area contributed by atoms with Crippen LogP contribution in [0.2, 0.25) is 0 Å². The van der Waals surface area contributed by atoms with Crippen molar-refractivity contribution in [1.29, 1.82) is 0 Å². The molecular formula is C23H27N3O4. The Hall–Kier alpha value is -2.96. The second kappa shape index (κ2) is 9.24. The molecule has 2 saturated heterocycles. The van der Waals surface area contributed by atoms with Crippen LogP contribution in [0.3, 0.4) is 0 Å². The fourth-order valence-corrected chi connectivity index (χ4v) is 4.57. The Morgan fingerprint density at radius 3 is 2.37 bits per heavy atom. The molecule has 2 aliphatic rings. The lowest BCUT2D eigenvalue weighted by Gasteiger charge is -2.47. The van der Waals surface area contributed by atoms with Crippen molar-refractivity contribution >= 4 is 11.9 Å². The van der Waals surface area contributed by atoms with Crippen molar-refractivity contribution in [2.45, 2.75) is 57.7 Å². The number of hydrogen-bond donors (Lipinski definition) is 0. The summed E-state index contributed by atoms with van der Waals surface area (Å²) in [6.07, 6.45) is 6.99. The molecule has 1 amide bonds. The highest BCUT2D eigenvalue weighted by atomic mass is 16.6. The lowest BCUT2D eigenvalue weighted by Crippen LogP contribution is -2.55. The van der Waals surface area contributed by atoms with Crippen molar-refractivity contribution in [1.82, 2.24) is 14.9 Å². The van der Waals surface area contributed by atoms with E-state index in [9.17, 15) is 9.59 Å². The molecule has 7 heteroatoms. The second-order valence-corrected chi connectivity index (χ2v) is 7.91. The Kier molecular flexibility index (Phi) is 6.26. The predicted octanol–water partition coefficient (Wildman–Crippen LogP) is 4.03. The van der Waals surface area contributed by atoms with Crippen LogP contribution in [0.4, 0.5) is 4.79 Å². The number of hydrogen-bond acceptors (Lipinski definition) is 6. The summed E-state index contributed by atoms with van der Waals surface area (Å²) in [6.45, 7) is 2.61. The van der Waals surface area contributed by atoms with Crippen LogP contribution in [-0.2, 0) is 11.3 Å². The minimum absolute atomic E-state index is 0.0401. The summed E-state index contributed by atoms with van der Waals surface area (Å²) in [5, 5.41) is 0. The Balaban J connectivity index is 1.40. The normalized spacial score (nSPS) is 23.0. The van der Waals surface area contributed by atoms with Crippen LogP contribution < -0.4 is 4.74 Å². The number of Topliss-reactive ketones (excluding diaryl/α,β-unsaturated/α-hetero) is 1. The van der Waals surface area contributed by atoms with Crippen LogP contribution in [0.1, 0.15) is 54.9 Å². The zero-order chi connectivity index (χ0) is 20.9. The number of rotatable bonds is 6. The van der Waals surface area contributed by atoms with Gasteiger partial charge in [-0.05, 0) is 44.6 Å². The standard InChI is InChI=1S/C23H27N3O4/c1-2-29-22-24-13-18(14-25-22)21(27)17-11-19-9-6-10-20(12-17)26(19)23(28)30-15-16-7-4-3-5-8-16/h3-5,7-8,13-14,17,19-20H,2,6,9-12,15H2,1H3. The molecule has 1 aromatic heterocycles. The number of nitrogens with zero attached hydrogens (tertiary/aromatic N) is 3. The van der Waals surface area contributed by atoms with E-state index in [1.807, 2.05) is 42.2 Å². The van der Waals surface area contributed by atoms with Crippen LogP contribution >= 0.6 is 0 Å².